The van der Waals surface area contributed by atoms with E-state index in [-0.39, 0.29) is 41.9 Å². The summed E-state index contributed by atoms with van der Waals surface area (Å²) in [5.74, 6) is -1.93. The highest BCUT2D eigenvalue weighted by molar-refractivity contribution is 7.89. The summed E-state index contributed by atoms with van der Waals surface area (Å²) >= 11 is 0.889. The maximum absolute atomic E-state index is 13.0. The van der Waals surface area contributed by atoms with Crippen molar-refractivity contribution < 1.29 is 27.5 Å². The first kappa shape index (κ1) is 18.5. The first-order chi connectivity index (χ1) is 12.3. The molecule has 0 atom stereocenters. The Morgan fingerprint density at radius 3 is 2.08 bits per heavy atom. The van der Waals surface area contributed by atoms with Crippen LogP contribution in [0.2, 0.25) is 0 Å². The first-order valence-electron chi connectivity index (χ1n) is 7.67. The Morgan fingerprint density at radius 2 is 1.54 bits per heavy atom. The Labute approximate surface area is 153 Å². The van der Waals surface area contributed by atoms with Crippen molar-refractivity contribution >= 4 is 33.2 Å². The molecule has 26 heavy (non-hydrogen) atoms. The van der Waals surface area contributed by atoms with Crippen molar-refractivity contribution in [2.24, 2.45) is 0 Å². The van der Waals surface area contributed by atoms with E-state index >= 15 is 0 Å². The van der Waals surface area contributed by atoms with E-state index in [9.17, 15) is 22.4 Å². The fraction of sp³-hybridized carbons (Fsp3) is 0.250. The SMILES string of the molecule is O=C(O)c1ccc(C(=O)N2CCN(S(=O)(=O)c3ccc(F)cc3)CC2)s1. The largest absolute Gasteiger partial charge is 0.477 e. The Morgan fingerprint density at radius 1 is 0.962 bits per heavy atom. The maximum Gasteiger partial charge on any atom is 0.345 e. The van der Waals surface area contributed by atoms with Gasteiger partial charge in [0.15, 0.2) is 0 Å². The number of rotatable bonds is 4. The minimum atomic E-state index is -3.75. The lowest BCUT2D eigenvalue weighted by molar-refractivity contribution is 0.0696. The van der Waals surface area contributed by atoms with E-state index in [1.807, 2.05) is 0 Å². The molecule has 1 aromatic heterocycles. The van der Waals surface area contributed by atoms with E-state index in [1.165, 1.54) is 33.5 Å². The third-order valence-electron chi connectivity index (χ3n) is 4.00. The summed E-state index contributed by atoms with van der Waals surface area (Å²) < 4.78 is 39.4. The van der Waals surface area contributed by atoms with Gasteiger partial charge in [-0.2, -0.15) is 4.31 Å². The van der Waals surface area contributed by atoms with Crippen LogP contribution in [0.15, 0.2) is 41.3 Å². The van der Waals surface area contributed by atoms with E-state index < -0.39 is 21.8 Å². The van der Waals surface area contributed by atoms with Crippen molar-refractivity contribution in [3.63, 3.8) is 0 Å². The molecule has 1 aromatic carbocycles. The Balaban J connectivity index is 1.67. The molecule has 0 spiro atoms. The monoisotopic (exact) mass is 398 g/mol. The number of carbonyl (C=O) groups excluding carboxylic acids is 1. The van der Waals surface area contributed by atoms with Crippen LogP contribution in [0.4, 0.5) is 4.39 Å². The van der Waals surface area contributed by atoms with E-state index in [0.29, 0.717) is 4.88 Å². The number of hydrogen-bond donors (Lipinski definition) is 1. The van der Waals surface area contributed by atoms with Gasteiger partial charge in [0.1, 0.15) is 10.7 Å². The highest BCUT2D eigenvalue weighted by Crippen LogP contribution is 2.21. The molecular formula is C16H15FN2O5S2. The Kier molecular flexibility index (Phi) is 5.08. The average Bonchev–Trinajstić information content (AvgIpc) is 3.12. The van der Waals surface area contributed by atoms with E-state index in [1.54, 1.807) is 0 Å². The second kappa shape index (κ2) is 7.14. The van der Waals surface area contributed by atoms with Crippen molar-refractivity contribution in [1.29, 1.82) is 0 Å². The molecule has 138 valence electrons. The summed E-state index contributed by atoms with van der Waals surface area (Å²) in [5.41, 5.74) is 0. The van der Waals surface area contributed by atoms with E-state index in [0.717, 1.165) is 23.5 Å². The van der Waals surface area contributed by atoms with Gasteiger partial charge in [-0.3, -0.25) is 4.79 Å². The molecule has 0 radical (unpaired) electrons. The van der Waals surface area contributed by atoms with Gasteiger partial charge in [0.25, 0.3) is 5.91 Å². The van der Waals surface area contributed by atoms with Crippen LogP contribution in [0.1, 0.15) is 19.3 Å². The van der Waals surface area contributed by atoms with Gasteiger partial charge in [0.05, 0.1) is 9.77 Å². The number of carbonyl (C=O) groups is 2. The maximum atomic E-state index is 13.0. The molecular weight excluding hydrogens is 383 g/mol. The van der Waals surface area contributed by atoms with Crippen LogP contribution < -0.4 is 0 Å². The van der Waals surface area contributed by atoms with E-state index in [2.05, 4.69) is 0 Å². The van der Waals surface area contributed by atoms with Crippen molar-refractivity contribution in [3.05, 3.63) is 52.0 Å². The summed E-state index contributed by atoms with van der Waals surface area (Å²) in [6.07, 6.45) is 0. The Hall–Kier alpha value is -2.30. The molecule has 1 aliphatic rings. The molecule has 1 fully saturated rings. The predicted octanol–water partition coefficient (Wildman–Crippen LogP) is 1.73. The number of sulfonamides is 1. The number of benzene rings is 1. The van der Waals surface area contributed by atoms with Gasteiger partial charge in [-0.05, 0) is 36.4 Å². The molecule has 10 heteroatoms. The molecule has 1 saturated heterocycles. The third kappa shape index (κ3) is 3.62. The number of hydrogen-bond acceptors (Lipinski definition) is 5. The predicted molar refractivity (Wildman–Crippen MR) is 92.3 cm³/mol. The molecule has 0 saturated carbocycles. The number of thiophene rings is 1. The fourth-order valence-corrected chi connectivity index (χ4v) is 4.85. The van der Waals surface area contributed by atoms with Gasteiger partial charge in [-0.15, -0.1) is 11.3 Å². The second-order valence-corrected chi connectivity index (χ2v) is 8.64. The number of halogens is 1. The molecule has 0 unspecified atom stereocenters. The van der Waals surface area contributed by atoms with Crippen LogP contribution in [-0.2, 0) is 10.0 Å². The van der Waals surface area contributed by atoms with Crippen LogP contribution in [0, 0.1) is 5.82 Å². The number of aromatic carboxylic acids is 1. The molecule has 7 nitrogen and oxygen atoms in total. The number of amides is 1. The summed E-state index contributed by atoms with van der Waals surface area (Å²) in [7, 11) is -3.75. The summed E-state index contributed by atoms with van der Waals surface area (Å²) in [6, 6.07) is 7.42. The Bertz CT molecular complexity index is 932. The molecule has 1 amide bonds. The lowest BCUT2D eigenvalue weighted by atomic mass is 10.3. The highest BCUT2D eigenvalue weighted by atomic mass is 32.2. The van der Waals surface area contributed by atoms with Gasteiger partial charge in [0.2, 0.25) is 10.0 Å². The van der Waals surface area contributed by atoms with Crippen LogP contribution in [0.3, 0.4) is 0 Å². The van der Waals surface area contributed by atoms with Gasteiger partial charge >= 0.3 is 5.97 Å². The lowest BCUT2D eigenvalue weighted by Gasteiger charge is -2.33. The van der Waals surface area contributed by atoms with Gasteiger partial charge in [-0.1, -0.05) is 0 Å². The second-order valence-electron chi connectivity index (χ2n) is 5.62. The van der Waals surface area contributed by atoms with E-state index in [4.69, 9.17) is 5.11 Å². The van der Waals surface area contributed by atoms with Gasteiger partial charge in [-0.25, -0.2) is 17.6 Å². The lowest BCUT2D eigenvalue weighted by Crippen LogP contribution is -2.50. The van der Waals surface area contributed by atoms with Crippen LogP contribution in [-0.4, -0.2) is 60.8 Å². The van der Waals surface area contributed by atoms with Gasteiger partial charge < -0.3 is 10.0 Å². The van der Waals surface area contributed by atoms with Crippen LogP contribution in [0.25, 0.3) is 0 Å². The molecule has 0 bridgehead atoms. The number of carboxylic acid groups (broad SMARTS) is 1. The quantitative estimate of drug-likeness (QED) is 0.846. The zero-order valence-electron chi connectivity index (χ0n) is 13.5. The van der Waals surface area contributed by atoms with Crippen LogP contribution >= 0.6 is 11.3 Å². The first-order valence-corrected chi connectivity index (χ1v) is 9.93. The minimum Gasteiger partial charge on any atom is -0.477 e. The van der Waals surface area contributed by atoms with Gasteiger partial charge in [0, 0.05) is 26.2 Å². The highest BCUT2D eigenvalue weighted by Gasteiger charge is 2.31. The van der Waals surface area contributed by atoms with Crippen molar-refractivity contribution in [2.75, 3.05) is 26.2 Å². The molecule has 0 aliphatic carbocycles. The molecule has 3 rings (SSSR count). The summed E-state index contributed by atoms with van der Waals surface area (Å²) in [4.78, 5) is 25.2. The molecule has 2 heterocycles. The third-order valence-corrected chi connectivity index (χ3v) is 6.98. The summed E-state index contributed by atoms with van der Waals surface area (Å²) in [5, 5.41) is 8.93. The van der Waals surface area contributed by atoms with Crippen molar-refractivity contribution in [2.45, 2.75) is 4.90 Å². The standard InChI is InChI=1S/C16H15FN2O5S2/c17-11-1-3-12(4-2-11)26(23,24)19-9-7-18(8-10-19)15(20)13-5-6-14(25-13)16(21)22/h1-6H,7-10H2,(H,21,22). The average molecular weight is 398 g/mol. The molecule has 1 aliphatic heterocycles. The summed E-state index contributed by atoms with van der Waals surface area (Å²) in [6.45, 7) is 0.615. The van der Waals surface area contributed by atoms with Crippen molar-refractivity contribution in [1.82, 2.24) is 9.21 Å². The number of piperazine rings is 1. The van der Waals surface area contributed by atoms with Crippen molar-refractivity contribution in [3.8, 4) is 0 Å². The minimum absolute atomic E-state index is 0.00281. The number of nitrogens with zero attached hydrogens (tertiary/aromatic N) is 2. The normalized spacial score (nSPS) is 15.8. The zero-order valence-corrected chi connectivity index (χ0v) is 15.1. The molecule has 2 aromatic rings. The smallest absolute Gasteiger partial charge is 0.345 e. The fourth-order valence-electron chi connectivity index (χ4n) is 2.61. The van der Waals surface area contributed by atoms with Crippen LogP contribution in [0.5, 0.6) is 0 Å². The number of carboxylic acids is 1. The zero-order chi connectivity index (χ0) is 18.9. The molecule has 1 N–H and O–H groups in total. The topological polar surface area (TPSA) is 95.0 Å².